The zero-order valence-electron chi connectivity index (χ0n) is 16.3. The molecule has 0 aliphatic carbocycles. The van der Waals surface area contributed by atoms with Gasteiger partial charge in [-0.2, -0.15) is 0 Å². The monoisotopic (exact) mass is 456 g/mol. The maximum absolute atomic E-state index is 13.3. The van der Waals surface area contributed by atoms with Gasteiger partial charge in [0.25, 0.3) is 0 Å². The number of halogens is 2. The molecule has 1 aliphatic rings. The van der Waals surface area contributed by atoms with Crippen molar-refractivity contribution in [2.24, 2.45) is 0 Å². The Morgan fingerprint density at radius 1 is 1.10 bits per heavy atom. The predicted octanol–water partition coefficient (Wildman–Crippen LogP) is 6.29. The van der Waals surface area contributed by atoms with Crippen LogP contribution in [0.4, 0.5) is 10.7 Å². The van der Waals surface area contributed by atoms with Crippen LogP contribution in [-0.4, -0.2) is 11.6 Å². The summed E-state index contributed by atoms with van der Waals surface area (Å²) in [6.07, 6.45) is 0. The Kier molecular flexibility index (Phi) is 5.45. The van der Waals surface area contributed by atoms with Gasteiger partial charge in [0.15, 0.2) is 5.78 Å². The SMILES string of the molecule is CC(=O)C1=C(C)Nc2sc(C(=O)c3cc(Cl)ccc3Cl)c(N)c2[C@H]1c1ccccc1. The lowest BCUT2D eigenvalue weighted by atomic mass is 9.80. The van der Waals surface area contributed by atoms with Crippen LogP contribution in [-0.2, 0) is 4.79 Å². The van der Waals surface area contributed by atoms with Crippen molar-refractivity contribution >= 4 is 56.8 Å². The van der Waals surface area contributed by atoms with Crippen LogP contribution in [0.5, 0.6) is 0 Å². The highest BCUT2D eigenvalue weighted by Crippen LogP contribution is 2.50. The van der Waals surface area contributed by atoms with E-state index >= 15 is 0 Å². The molecule has 0 bridgehead atoms. The summed E-state index contributed by atoms with van der Waals surface area (Å²) in [4.78, 5) is 26.2. The van der Waals surface area contributed by atoms with Crippen LogP contribution in [0.1, 0.15) is 46.1 Å². The van der Waals surface area contributed by atoms with Gasteiger partial charge in [0.2, 0.25) is 5.78 Å². The molecule has 0 fully saturated rings. The van der Waals surface area contributed by atoms with Gasteiger partial charge in [0, 0.05) is 33.3 Å². The number of fused-ring (bicyclic) bond motifs is 1. The highest BCUT2D eigenvalue weighted by Gasteiger charge is 2.36. The molecule has 1 aliphatic heterocycles. The lowest BCUT2D eigenvalue weighted by Gasteiger charge is -2.28. The number of anilines is 2. The molecule has 1 aromatic heterocycles. The molecule has 0 radical (unpaired) electrons. The Morgan fingerprint density at radius 2 is 1.80 bits per heavy atom. The molecule has 152 valence electrons. The predicted molar refractivity (Wildman–Crippen MR) is 124 cm³/mol. The molecule has 0 unspecified atom stereocenters. The number of nitrogen functional groups attached to an aromatic ring is 1. The van der Waals surface area contributed by atoms with Gasteiger partial charge in [0.05, 0.1) is 15.7 Å². The highest BCUT2D eigenvalue weighted by molar-refractivity contribution is 7.19. The molecule has 2 aromatic carbocycles. The lowest BCUT2D eigenvalue weighted by molar-refractivity contribution is -0.113. The molecule has 0 saturated carbocycles. The number of benzene rings is 2. The summed E-state index contributed by atoms with van der Waals surface area (Å²) in [5.74, 6) is -0.696. The van der Waals surface area contributed by atoms with Crippen LogP contribution >= 0.6 is 34.5 Å². The zero-order valence-corrected chi connectivity index (χ0v) is 18.6. The van der Waals surface area contributed by atoms with Gasteiger partial charge < -0.3 is 11.1 Å². The number of Topliss-reactive ketones (excluding diaryl/α,β-unsaturated/α-hetero) is 1. The van der Waals surface area contributed by atoms with Gasteiger partial charge in [-0.15, -0.1) is 11.3 Å². The fraction of sp³-hybridized carbons (Fsp3) is 0.130. The van der Waals surface area contributed by atoms with Gasteiger partial charge >= 0.3 is 0 Å². The number of hydrogen-bond acceptors (Lipinski definition) is 5. The Hall–Kier alpha value is -2.60. The lowest BCUT2D eigenvalue weighted by Crippen LogP contribution is -2.21. The molecule has 4 nitrogen and oxygen atoms in total. The molecule has 7 heteroatoms. The first-order valence-corrected chi connectivity index (χ1v) is 10.8. The van der Waals surface area contributed by atoms with Gasteiger partial charge in [0.1, 0.15) is 4.88 Å². The van der Waals surface area contributed by atoms with E-state index < -0.39 is 0 Å². The Labute approximate surface area is 188 Å². The van der Waals surface area contributed by atoms with E-state index in [4.69, 9.17) is 28.9 Å². The van der Waals surface area contributed by atoms with E-state index in [-0.39, 0.29) is 17.5 Å². The molecule has 3 N–H and O–H groups in total. The second-order valence-corrected chi connectivity index (χ2v) is 8.97. The maximum Gasteiger partial charge on any atom is 0.206 e. The average Bonchev–Trinajstić information content (AvgIpc) is 3.04. The summed E-state index contributed by atoms with van der Waals surface area (Å²) >= 11 is 13.6. The van der Waals surface area contributed by atoms with Crippen LogP contribution in [0.15, 0.2) is 59.8 Å². The summed E-state index contributed by atoms with van der Waals surface area (Å²) in [6, 6.07) is 14.4. The molecule has 30 heavy (non-hydrogen) atoms. The summed E-state index contributed by atoms with van der Waals surface area (Å²) in [5.41, 5.74) is 10.2. The molecule has 2 heterocycles. The first kappa shape index (κ1) is 20.7. The summed E-state index contributed by atoms with van der Waals surface area (Å²) in [6.45, 7) is 3.41. The molecule has 0 amide bonds. The van der Waals surface area contributed by atoms with Gasteiger partial charge in [-0.05, 0) is 37.6 Å². The molecule has 3 aromatic rings. The number of carbonyl (C=O) groups is 2. The van der Waals surface area contributed by atoms with E-state index in [1.54, 1.807) is 19.1 Å². The highest BCUT2D eigenvalue weighted by atomic mass is 35.5. The third-order valence-electron chi connectivity index (χ3n) is 5.16. The standard InChI is InChI=1S/C23H18Cl2N2O2S/c1-11-17(12(2)28)18(13-6-4-3-5-7-13)19-20(26)22(30-23(19)27-11)21(29)15-10-14(24)8-9-16(15)25/h3-10,18,27H,26H2,1-2H3/t18-/m0/s1. The van der Waals surface area contributed by atoms with Crippen molar-refractivity contribution in [2.75, 3.05) is 11.1 Å². The third kappa shape index (κ3) is 3.43. The quantitative estimate of drug-likeness (QED) is 0.452. The van der Waals surface area contributed by atoms with E-state index in [0.717, 1.165) is 21.8 Å². The molecule has 0 saturated heterocycles. The van der Waals surface area contributed by atoms with Crippen LogP contribution in [0.25, 0.3) is 0 Å². The maximum atomic E-state index is 13.3. The number of nitrogens with one attached hydrogen (secondary N) is 1. The van der Waals surface area contributed by atoms with E-state index in [9.17, 15) is 9.59 Å². The van der Waals surface area contributed by atoms with Crippen LogP contribution in [0.3, 0.4) is 0 Å². The molecule has 0 spiro atoms. The van der Waals surface area contributed by atoms with Crippen molar-refractivity contribution in [3.63, 3.8) is 0 Å². The summed E-state index contributed by atoms with van der Waals surface area (Å²) < 4.78 is 0. The third-order valence-corrected chi connectivity index (χ3v) is 6.86. The summed E-state index contributed by atoms with van der Waals surface area (Å²) in [7, 11) is 0. The molecule has 1 atom stereocenters. The summed E-state index contributed by atoms with van der Waals surface area (Å²) in [5, 5.41) is 4.75. The van der Waals surface area contributed by atoms with Crippen LogP contribution in [0.2, 0.25) is 10.0 Å². The number of allylic oxidation sites excluding steroid dienone is 2. The topological polar surface area (TPSA) is 72.2 Å². The second-order valence-electron chi connectivity index (χ2n) is 7.10. The van der Waals surface area contributed by atoms with E-state index in [1.165, 1.54) is 17.4 Å². The minimum Gasteiger partial charge on any atom is -0.397 e. The van der Waals surface area contributed by atoms with Crippen molar-refractivity contribution in [3.8, 4) is 0 Å². The first-order valence-electron chi connectivity index (χ1n) is 9.25. The van der Waals surface area contributed by atoms with Crippen molar-refractivity contribution in [1.82, 2.24) is 0 Å². The normalized spacial score (nSPS) is 15.5. The van der Waals surface area contributed by atoms with Crippen LogP contribution in [0, 0.1) is 0 Å². The number of nitrogens with two attached hydrogens (primary N) is 1. The minimum atomic E-state index is -0.354. The molecular formula is C23H18Cl2N2O2S. The van der Waals surface area contributed by atoms with Crippen molar-refractivity contribution in [3.05, 3.63) is 91.4 Å². The zero-order chi connectivity index (χ0) is 21.6. The minimum absolute atomic E-state index is 0.0455. The molecule has 4 rings (SSSR count). The second kappa shape index (κ2) is 7.91. The van der Waals surface area contributed by atoms with Crippen molar-refractivity contribution < 1.29 is 9.59 Å². The van der Waals surface area contributed by atoms with Crippen molar-refractivity contribution in [2.45, 2.75) is 19.8 Å². The Balaban J connectivity index is 1.91. The van der Waals surface area contributed by atoms with E-state index in [2.05, 4.69) is 5.32 Å². The van der Waals surface area contributed by atoms with E-state index in [1.807, 2.05) is 37.3 Å². The largest absolute Gasteiger partial charge is 0.397 e. The van der Waals surface area contributed by atoms with Gasteiger partial charge in [-0.3, -0.25) is 9.59 Å². The van der Waals surface area contributed by atoms with Crippen molar-refractivity contribution in [1.29, 1.82) is 0 Å². The number of hydrogen-bond donors (Lipinski definition) is 2. The first-order chi connectivity index (χ1) is 14.3. The number of rotatable bonds is 4. The fourth-order valence-corrected chi connectivity index (χ4v) is 5.39. The number of carbonyl (C=O) groups excluding carboxylic acids is 2. The smallest absolute Gasteiger partial charge is 0.206 e. The van der Waals surface area contributed by atoms with Gasteiger partial charge in [-0.25, -0.2) is 0 Å². The fourth-order valence-electron chi connectivity index (χ4n) is 3.84. The average molecular weight is 457 g/mol. The van der Waals surface area contributed by atoms with E-state index in [0.29, 0.717) is 31.7 Å². The molecular weight excluding hydrogens is 439 g/mol. The van der Waals surface area contributed by atoms with Gasteiger partial charge in [-0.1, -0.05) is 53.5 Å². The number of thiophene rings is 1. The Bertz CT molecular complexity index is 1220. The number of ketones is 2. The Morgan fingerprint density at radius 3 is 2.47 bits per heavy atom. The van der Waals surface area contributed by atoms with Crippen LogP contribution < -0.4 is 11.1 Å².